The van der Waals surface area contributed by atoms with Gasteiger partial charge in [0.05, 0.1) is 9.82 Å². The van der Waals surface area contributed by atoms with E-state index in [4.69, 9.17) is 5.84 Å². The summed E-state index contributed by atoms with van der Waals surface area (Å²) in [4.78, 5) is 23.0. The van der Waals surface area contributed by atoms with Crippen molar-refractivity contribution >= 4 is 23.4 Å². The van der Waals surface area contributed by atoms with Crippen LogP contribution in [0.25, 0.3) is 0 Å². The van der Waals surface area contributed by atoms with E-state index in [1.807, 2.05) is 6.07 Å². The van der Waals surface area contributed by atoms with Gasteiger partial charge in [-0.05, 0) is 11.6 Å². The fraction of sp³-hybridized carbons (Fsp3) is 0.0714. The number of nitrogens with one attached hydrogen (secondary N) is 1. The second kappa shape index (κ2) is 6.87. The lowest BCUT2D eigenvalue weighted by Crippen LogP contribution is -2.33. The Hall–Kier alpha value is -2.38. The second-order valence-electron chi connectivity index (χ2n) is 4.14. The number of carbonyl (C=O) groups excluding carboxylic acids is 1. The molecule has 0 heterocycles. The summed E-state index contributed by atoms with van der Waals surface area (Å²) >= 11 is 1.10. The van der Waals surface area contributed by atoms with Crippen molar-refractivity contribution in [1.29, 1.82) is 0 Å². The number of nitro benzene ring substituents is 1. The lowest BCUT2D eigenvalue weighted by Gasteiger charge is -2.15. The molecule has 2 rings (SSSR count). The van der Waals surface area contributed by atoms with Gasteiger partial charge in [-0.25, -0.2) is 5.84 Å². The number of nitro groups is 1. The highest BCUT2D eigenvalue weighted by Crippen LogP contribution is 2.39. The SMILES string of the molecule is NNC(=O)C(Sc1ccccc1[N+](=O)[O-])c1ccccc1. The van der Waals surface area contributed by atoms with Crippen LogP contribution in [0, 0.1) is 10.1 Å². The molecule has 0 aliphatic rings. The third kappa shape index (κ3) is 3.59. The van der Waals surface area contributed by atoms with E-state index in [-0.39, 0.29) is 5.69 Å². The van der Waals surface area contributed by atoms with E-state index in [2.05, 4.69) is 5.43 Å². The quantitative estimate of drug-likeness (QED) is 0.290. The Balaban J connectivity index is 2.37. The van der Waals surface area contributed by atoms with E-state index in [1.165, 1.54) is 6.07 Å². The molecule has 0 aromatic heterocycles. The molecule has 2 aromatic carbocycles. The molecule has 6 nitrogen and oxygen atoms in total. The molecule has 1 atom stereocenters. The van der Waals surface area contributed by atoms with E-state index >= 15 is 0 Å². The van der Waals surface area contributed by atoms with Crippen LogP contribution in [-0.4, -0.2) is 10.8 Å². The minimum Gasteiger partial charge on any atom is -0.293 e. The third-order valence-corrected chi connectivity index (χ3v) is 4.11. The molecule has 0 aliphatic carbocycles. The first kappa shape index (κ1) is 15.0. The number of nitrogens with zero attached hydrogens (tertiary/aromatic N) is 1. The first-order chi connectivity index (χ1) is 10.1. The number of rotatable bonds is 5. The molecule has 7 heteroatoms. The van der Waals surface area contributed by atoms with E-state index < -0.39 is 16.1 Å². The third-order valence-electron chi connectivity index (χ3n) is 2.79. The second-order valence-corrected chi connectivity index (χ2v) is 5.29. The molecule has 1 unspecified atom stereocenters. The number of nitrogens with two attached hydrogens (primary N) is 1. The van der Waals surface area contributed by atoms with Crippen molar-refractivity contribution in [2.24, 2.45) is 5.84 Å². The first-order valence-electron chi connectivity index (χ1n) is 6.09. The normalized spacial score (nSPS) is 11.7. The van der Waals surface area contributed by atoms with Gasteiger partial charge in [-0.15, -0.1) is 11.8 Å². The van der Waals surface area contributed by atoms with Crippen LogP contribution in [0.5, 0.6) is 0 Å². The lowest BCUT2D eigenvalue weighted by molar-refractivity contribution is -0.387. The van der Waals surface area contributed by atoms with Gasteiger partial charge in [-0.2, -0.15) is 0 Å². The number of hydrogen-bond acceptors (Lipinski definition) is 5. The lowest BCUT2D eigenvalue weighted by atomic mass is 10.1. The van der Waals surface area contributed by atoms with Gasteiger partial charge in [0.2, 0.25) is 0 Å². The van der Waals surface area contributed by atoms with Gasteiger partial charge in [0.1, 0.15) is 5.25 Å². The highest BCUT2D eigenvalue weighted by molar-refractivity contribution is 8.00. The molecule has 108 valence electrons. The summed E-state index contributed by atoms with van der Waals surface area (Å²) < 4.78 is 0. The number of thioether (sulfide) groups is 1. The van der Waals surface area contributed by atoms with Gasteiger partial charge < -0.3 is 0 Å². The summed E-state index contributed by atoms with van der Waals surface area (Å²) in [7, 11) is 0. The standard InChI is InChI=1S/C14H13N3O3S/c15-16-14(18)13(10-6-2-1-3-7-10)21-12-9-5-4-8-11(12)17(19)20/h1-9,13H,15H2,(H,16,18). The van der Waals surface area contributed by atoms with E-state index in [0.29, 0.717) is 4.90 Å². The number of carbonyl (C=O) groups is 1. The van der Waals surface area contributed by atoms with Crippen molar-refractivity contribution < 1.29 is 9.72 Å². The van der Waals surface area contributed by atoms with Crippen molar-refractivity contribution in [3.63, 3.8) is 0 Å². The van der Waals surface area contributed by atoms with E-state index in [0.717, 1.165) is 17.3 Å². The van der Waals surface area contributed by atoms with Crippen LogP contribution in [0.3, 0.4) is 0 Å². The van der Waals surface area contributed by atoms with Crippen molar-refractivity contribution in [3.8, 4) is 0 Å². The predicted molar refractivity (Wildman–Crippen MR) is 80.5 cm³/mol. The zero-order chi connectivity index (χ0) is 15.2. The largest absolute Gasteiger partial charge is 0.293 e. The molecule has 2 aromatic rings. The summed E-state index contributed by atoms with van der Waals surface area (Å²) in [6.45, 7) is 0. The average molecular weight is 303 g/mol. The fourth-order valence-corrected chi connectivity index (χ4v) is 2.95. The molecule has 3 N–H and O–H groups in total. The van der Waals surface area contributed by atoms with Gasteiger partial charge in [-0.1, -0.05) is 42.5 Å². The van der Waals surface area contributed by atoms with Gasteiger partial charge in [-0.3, -0.25) is 20.3 Å². The van der Waals surface area contributed by atoms with Crippen LogP contribution in [0.15, 0.2) is 59.5 Å². The first-order valence-corrected chi connectivity index (χ1v) is 6.97. The maximum atomic E-state index is 12.0. The predicted octanol–water partition coefficient (Wildman–Crippen LogP) is 2.42. The fourth-order valence-electron chi connectivity index (χ4n) is 1.81. The average Bonchev–Trinajstić information content (AvgIpc) is 2.53. The van der Waals surface area contributed by atoms with Gasteiger partial charge in [0.15, 0.2) is 0 Å². The molecule has 0 fully saturated rings. The van der Waals surface area contributed by atoms with Gasteiger partial charge in [0, 0.05) is 6.07 Å². The minimum atomic E-state index is -0.655. The highest BCUT2D eigenvalue weighted by Gasteiger charge is 2.24. The van der Waals surface area contributed by atoms with E-state index in [1.54, 1.807) is 42.5 Å². The summed E-state index contributed by atoms with van der Waals surface area (Å²) in [5.74, 6) is 4.80. The maximum Gasteiger partial charge on any atom is 0.282 e. The Kier molecular flexibility index (Phi) is 4.91. The van der Waals surface area contributed by atoms with Crippen molar-refractivity contribution in [2.75, 3.05) is 0 Å². The van der Waals surface area contributed by atoms with Crippen molar-refractivity contribution in [1.82, 2.24) is 5.43 Å². The minimum absolute atomic E-state index is 0.0340. The van der Waals surface area contributed by atoms with Crippen molar-refractivity contribution in [2.45, 2.75) is 10.1 Å². The molecule has 21 heavy (non-hydrogen) atoms. The van der Waals surface area contributed by atoms with Crippen LogP contribution >= 0.6 is 11.8 Å². The maximum absolute atomic E-state index is 12.0. The Labute approximate surface area is 125 Å². The van der Waals surface area contributed by atoms with Crippen LogP contribution < -0.4 is 11.3 Å². The van der Waals surface area contributed by atoms with Crippen LogP contribution in [0.1, 0.15) is 10.8 Å². The highest BCUT2D eigenvalue weighted by atomic mass is 32.2. The molecule has 0 aliphatic heterocycles. The molecule has 0 bridgehead atoms. The van der Waals surface area contributed by atoms with Crippen LogP contribution in [-0.2, 0) is 4.79 Å². The Morgan fingerprint density at radius 2 is 1.76 bits per heavy atom. The molecule has 1 amide bonds. The summed E-state index contributed by atoms with van der Waals surface area (Å²) in [6, 6.07) is 15.3. The number of hydrogen-bond donors (Lipinski definition) is 2. The Bertz CT molecular complexity index is 649. The van der Waals surface area contributed by atoms with Crippen LogP contribution in [0.2, 0.25) is 0 Å². The van der Waals surface area contributed by atoms with E-state index in [9.17, 15) is 14.9 Å². The monoisotopic (exact) mass is 303 g/mol. The van der Waals surface area contributed by atoms with Crippen molar-refractivity contribution in [3.05, 3.63) is 70.3 Å². The molecule has 0 saturated heterocycles. The zero-order valence-electron chi connectivity index (χ0n) is 10.9. The summed E-state index contributed by atoms with van der Waals surface area (Å²) in [5.41, 5.74) is 2.79. The number of hydrazine groups is 1. The summed E-state index contributed by atoms with van der Waals surface area (Å²) in [6.07, 6.45) is 0. The Morgan fingerprint density at radius 3 is 2.38 bits per heavy atom. The van der Waals surface area contributed by atoms with Gasteiger partial charge in [0.25, 0.3) is 11.6 Å². The molecular weight excluding hydrogens is 290 g/mol. The van der Waals surface area contributed by atoms with Crippen LogP contribution in [0.4, 0.5) is 5.69 Å². The number of benzene rings is 2. The molecule has 0 radical (unpaired) electrons. The molecule has 0 spiro atoms. The molecular formula is C14H13N3O3S. The number of amides is 1. The smallest absolute Gasteiger partial charge is 0.282 e. The molecule has 0 saturated carbocycles. The zero-order valence-corrected chi connectivity index (χ0v) is 11.7. The Morgan fingerprint density at radius 1 is 1.14 bits per heavy atom. The summed E-state index contributed by atoms with van der Waals surface area (Å²) in [5, 5.41) is 10.4. The topological polar surface area (TPSA) is 98.3 Å². The number of para-hydroxylation sites is 1. The van der Waals surface area contributed by atoms with Gasteiger partial charge >= 0.3 is 0 Å².